The van der Waals surface area contributed by atoms with Gasteiger partial charge >= 0.3 is 0 Å². The summed E-state index contributed by atoms with van der Waals surface area (Å²) >= 11 is 0. The fourth-order valence-corrected chi connectivity index (χ4v) is 2.46. The maximum absolute atomic E-state index is 11.8. The van der Waals surface area contributed by atoms with Crippen molar-refractivity contribution in [2.24, 2.45) is 5.73 Å². The second kappa shape index (κ2) is 7.79. The van der Waals surface area contributed by atoms with Gasteiger partial charge in [-0.1, -0.05) is 0 Å². The van der Waals surface area contributed by atoms with E-state index in [-0.39, 0.29) is 11.9 Å². The molecular formula is C14H23N5O. The molecule has 0 aliphatic carbocycles. The van der Waals surface area contributed by atoms with Crippen LogP contribution in [0.4, 0.5) is 5.95 Å². The summed E-state index contributed by atoms with van der Waals surface area (Å²) in [6, 6.07) is 2.00. The Morgan fingerprint density at radius 2 is 2.20 bits per heavy atom. The summed E-state index contributed by atoms with van der Waals surface area (Å²) in [5, 5.41) is 3.10. The summed E-state index contributed by atoms with van der Waals surface area (Å²) in [4.78, 5) is 22.5. The van der Waals surface area contributed by atoms with Gasteiger partial charge in [-0.05, 0) is 38.3 Å². The number of nitrogens with two attached hydrogens (primary N) is 1. The molecule has 1 fully saturated rings. The van der Waals surface area contributed by atoms with Crippen LogP contribution >= 0.6 is 0 Å². The summed E-state index contributed by atoms with van der Waals surface area (Å²) in [5.41, 5.74) is 5.43. The number of carbonyl (C=O) groups excluding carboxylic acids is 1. The Balaban J connectivity index is 1.80. The highest BCUT2D eigenvalue weighted by molar-refractivity contribution is 5.76. The maximum atomic E-state index is 11.8. The van der Waals surface area contributed by atoms with Gasteiger partial charge in [-0.15, -0.1) is 0 Å². The van der Waals surface area contributed by atoms with Crippen LogP contribution in [0.2, 0.25) is 0 Å². The van der Waals surface area contributed by atoms with E-state index in [9.17, 15) is 4.79 Å². The van der Waals surface area contributed by atoms with Crippen LogP contribution in [-0.2, 0) is 4.79 Å². The first kappa shape index (κ1) is 14.7. The highest BCUT2D eigenvalue weighted by atomic mass is 16.1. The van der Waals surface area contributed by atoms with Crippen LogP contribution in [0.3, 0.4) is 0 Å². The number of anilines is 1. The number of hydrogen-bond donors (Lipinski definition) is 2. The van der Waals surface area contributed by atoms with E-state index in [2.05, 4.69) is 20.2 Å². The third-order valence-electron chi connectivity index (χ3n) is 3.48. The van der Waals surface area contributed by atoms with Crippen molar-refractivity contribution >= 4 is 11.9 Å². The molecule has 1 amide bonds. The molecule has 6 nitrogen and oxygen atoms in total. The van der Waals surface area contributed by atoms with Gasteiger partial charge in [0.05, 0.1) is 0 Å². The van der Waals surface area contributed by atoms with Gasteiger partial charge in [0.25, 0.3) is 0 Å². The molecule has 0 spiro atoms. The largest absolute Gasteiger partial charge is 0.352 e. The first-order valence-corrected chi connectivity index (χ1v) is 7.31. The Kier molecular flexibility index (Phi) is 5.73. The van der Waals surface area contributed by atoms with E-state index < -0.39 is 0 Å². The predicted molar refractivity (Wildman–Crippen MR) is 78.3 cm³/mol. The minimum Gasteiger partial charge on any atom is -0.352 e. The molecule has 1 atom stereocenters. The van der Waals surface area contributed by atoms with Crippen LogP contribution in [0.1, 0.15) is 32.1 Å². The van der Waals surface area contributed by atoms with Crippen molar-refractivity contribution in [1.82, 2.24) is 15.3 Å². The molecule has 6 heteroatoms. The van der Waals surface area contributed by atoms with Crippen molar-refractivity contribution in [3.63, 3.8) is 0 Å². The lowest BCUT2D eigenvalue weighted by Gasteiger charge is -2.33. The number of rotatable bonds is 6. The van der Waals surface area contributed by atoms with E-state index in [4.69, 9.17) is 5.73 Å². The lowest BCUT2D eigenvalue weighted by atomic mass is 10.1. The number of hydrogen-bond acceptors (Lipinski definition) is 5. The molecule has 2 rings (SSSR count). The van der Waals surface area contributed by atoms with Crippen LogP contribution in [0.5, 0.6) is 0 Å². The Bertz CT molecular complexity index is 411. The van der Waals surface area contributed by atoms with Gasteiger partial charge in [-0.25, -0.2) is 9.97 Å². The molecule has 0 bridgehead atoms. The van der Waals surface area contributed by atoms with Crippen LogP contribution in [0.25, 0.3) is 0 Å². The Hall–Kier alpha value is -1.69. The molecule has 1 aliphatic heterocycles. The van der Waals surface area contributed by atoms with Gasteiger partial charge in [0.15, 0.2) is 0 Å². The second-order valence-electron chi connectivity index (χ2n) is 5.15. The number of nitrogens with one attached hydrogen (secondary N) is 1. The second-order valence-corrected chi connectivity index (χ2v) is 5.15. The summed E-state index contributed by atoms with van der Waals surface area (Å²) in [6.45, 7) is 2.38. The Morgan fingerprint density at radius 1 is 1.40 bits per heavy atom. The minimum atomic E-state index is 0.124. The summed E-state index contributed by atoms with van der Waals surface area (Å²) in [6.07, 6.45) is 7.89. The Labute approximate surface area is 119 Å². The topological polar surface area (TPSA) is 84.1 Å². The normalized spacial score (nSPS) is 18.9. The standard InChI is InChI=1S/C14H23N5O/c15-7-2-1-6-13(20)18-12-5-3-10-19(11-12)14-16-8-4-9-17-14/h4,8-9,12H,1-3,5-7,10-11,15H2,(H,18,20). The van der Waals surface area contributed by atoms with E-state index in [1.54, 1.807) is 12.4 Å². The fraction of sp³-hybridized carbons (Fsp3) is 0.643. The van der Waals surface area contributed by atoms with E-state index in [0.29, 0.717) is 13.0 Å². The molecule has 1 aromatic rings. The van der Waals surface area contributed by atoms with Crippen LogP contribution in [0, 0.1) is 0 Å². The first-order chi connectivity index (χ1) is 9.79. The van der Waals surface area contributed by atoms with Crippen molar-refractivity contribution in [2.75, 3.05) is 24.5 Å². The SMILES string of the molecule is NCCCCC(=O)NC1CCCN(c2ncccn2)C1. The molecular weight excluding hydrogens is 254 g/mol. The zero-order valence-corrected chi connectivity index (χ0v) is 11.8. The number of amides is 1. The zero-order valence-electron chi connectivity index (χ0n) is 11.8. The predicted octanol–water partition coefficient (Wildman–Crippen LogP) is 0.691. The number of carbonyl (C=O) groups is 1. The highest BCUT2D eigenvalue weighted by Gasteiger charge is 2.22. The summed E-state index contributed by atoms with van der Waals surface area (Å²) in [7, 11) is 0. The lowest BCUT2D eigenvalue weighted by molar-refractivity contribution is -0.121. The molecule has 1 unspecified atom stereocenters. The molecule has 1 aromatic heterocycles. The minimum absolute atomic E-state index is 0.124. The molecule has 3 N–H and O–H groups in total. The van der Waals surface area contributed by atoms with Crippen LogP contribution in [-0.4, -0.2) is 41.6 Å². The molecule has 1 aliphatic rings. The van der Waals surface area contributed by atoms with Gasteiger partial charge in [0, 0.05) is 37.9 Å². The summed E-state index contributed by atoms with van der Waals surface area (Å²) in [5.74, 6) is 0.869. The van der Waals surface area contributed by atoms with E-state index >= 15 is 0 Å². The number of unbranched alkanes of at least 4 members (excludes halogenated alkanes) is 1. The molecule has 0 saturated carbocycles. The average molecular weight is 277 g/mol. The van der Waals surface area contributed by atoms with Crippen molar-refractivity contribution < 1.29 is 4.79 Å². The summed E-state index contributed by atoms with van der Waals surface area (Å²) < 4.78 is 0. The third kappa shape index (κ3) is 4.45. The van der Waals surface area contributed by atoms with Gasteiger partial charge in [0.2, 0.25) is 11.9 Å². The van der Waals surface area contributed by atoms with Crippen LogP contribution in [0.15, 0.2) is 18.5 Å². The molecule has 0 aromatic carbocycles. The van der Waals surface area contributed by atoms with E-state index in [0.717, 1.165) is 44.7 Å². The number of nitrogens with zero attached hydrogens (tertiary/aromatic N) is 3. The highest BCUT2D eigenvalue weighted by Crippen LogP contribution is 2.15. The van der Waals surface area contributed by atoms with Crippen molar-refractivity contribution in [3.8, 4) is 0 Å². The van der Waals surface area contributed by atoms with Crippen molar-refractivity contribution in [1.29, 1.82) is 0 Å². The molecule has 1 saturated heterocycles. The third-order valence-corrected chi connectivity index (χ3v) is 3.48. The van der Waals surface area contributed by atoms with E-state index in [1.807, 2.05) is 6.07 Å². The average Bonchev–Trinajstić information content (AvgIpc) is 2.49. The monoisotopic (exact) mass is 277 g/mol. The smallest absolute Gasteiger partial charge is 0.225 e. The maximum Gasteiger partial charge on any atom is 0.225 e. The van der Waals surface area contributed by atoms with Crippen LogP contribution < -0.4 is 16.0 Å². The molecule has 20 heavy (non-hydrogen) atoms. The first-order valence-electron chi connectivity index (χ1n) is 7.31. The molecule has 0 radical (unpaired) electrons. The fourth-order valence-electron chi connectivity index (χ4n) is 2.46. The van der Waals surface area contributed by atoms with Crippen molar-refractivity contribution in [2.45, 2.75) is 38.1 Å². The molecule has 110 valence electrons. The van der Waals surface area contributed by atoms with Gasteiger partial charge in [-0.3, -0.25) is 4.79 Å². The molecule has 2 heterocycles. The lowest BCUT2D eigenvalue weighted by Crippen LogP contribution is -2.48. The number of aromatic nitrogens is 2. The van der Waals surface area contributed by atoms with Crippen molar-refractivity contribution in [3.05, 3.63) is 18.5 Å². The van der Waals surface area contributed by atoms with Gasteiger partial charge in [0.1, 0.15) is 0 Å². The Morgan fingerprint density at radius 3 is 2.95 bits per heavy atom. The van der Waals surface area contributed by atoms with E-state index in [1.165, 1.54) is 0 Å². The quantitative estimate of drug-likeness (QED) is 0.747. The number of piperidine rings is 1. The van der Waals surface area contributed by atoms with Gasteiger partial charge < -0.3 is 16.0 Å². The zero-order chi connectivity index (χ0) is 14.2. The van der Waals surface area contributed by atoms with Gasteiger partial charge in [-0.2, -0.15) is 0 Å².